The number of carbonyl (C=O) groups excluding carboxylic acids is 1. The van der Waals surface area contributed by atoms with Crippen molar-refractivity contribution in [2.24, 2.45) is 5.73 Å². The number of carbonyl (C=O) groups is 1. The maximum Gasteiger partial charge on any atom is 0.373 e. The van der Waals surface area contributed by atoms with Crippen LogP contribution in [0.15, 0.2) is 16.5 Å². The second kappa shape index (κ2) is 6.78. The molecule has 0 aromatic carbocycles. The number of furan rings is 1. The summed E-state index contributed by atoms with van der Waals surface area (Å²) >= 11 is 0. The van der Waals surface area contributed by atoms with E-state index in [0.717, 1.165) is 38.2 Å². The number of halogens is 1. The third-order valence-electron chi connectivity index (χ3n) is 3.06. The van der Waals surface area contributed by atoms with Gasteiger partial charge in [-0.3, -0.25) is 4.90 Å². The minimum atomic E-state index is -0.433. The zero-order valence-electron chi connectivity index (χ0n) is 10.4. The van der Waals surface area contributed by atoms with Crippen molar-refractivity contribution in [3.8, 4) is 0 Å². The fraction of sp³-hybridized carbons (Fsp3) is 0.583. The number of nitrogens with zero attached hydrogens (tertiary/aromatic N) is 1. The van der Waals surface area contributed by atoms with E-state index in [0.29, 0.717) is 6.04 Å². The molecule has 0 bridgehead atoms. The van der Waals surface area contributed by atoms with Crippen LogP contribution in [0.3, 0.4) is 0 Å². The first-order valence-corrected chi connectivity index (χ1v) is 5.84. The molecule has 0 aliphatic carbocycles. The number of hydrogen-bond donors (Lipinski definition) is 1. The maximum atomic E-state index is 11.2. The molecule has 0 spiro atoms. The lowest BCUT2D eigenvalue weighted by atomic mass is 10.1. The SMILES string of the molecule is COC(=O)c1ccc(CN2CCC(N)CC2)o1.Cl. The van der Waals surface area contributed by atoms with Gasteiger partial charge in [-0.2, -0.15) is 0 Å². The normalized spacial score (nSPS) is 17.2. The molecule has 1 fully saturated rings. The highest BCUT2D eigenvalue weighted by atomic mass is 35.5. The molecular weight excluding hydrogens is 256 g/mol. The molecule has 0 unspecified atom stereocenters. The van der Waals surface area contributed by atoms with E-state index in [4.69, 9.17) is 10.2 Å². The van der Waals surface area contributed by atoms with E-state index in [2.05, 4.69) is 9.64 Å². The second-order valence-corrected chi connectivity index (χ2v) is 4.37. The molecule has 5 nitrogen and oxygen atoms in total. The first-order valence-electron chi connectivity index (χ1n) is 5.84. The standard InChI is InChI=1S/C12H18N2O3.ClH/c1-16-12(15)11-3-2-10(17-11)8-14-6-4-9(13)5-7-14;/h2-3,9H,4-8,13H2,1H3;1H. The number of methoxy groups -OCH3 is 1. The third-order valence-corrected chi connectivity index (χ3v) is 3.06. The van der Waals surface area contributed by atoms with Gasteiger partial charge in [0.2, 0.25) is 5.76 Å². The van der Waals surface area contributed by atoms with E-state index in [-0.39, 0.29) is 18.2 Å². The van der Waals surface area contributed by atoms with E-state index >= 15 is 0 Å². The Morgan fingerprint density at radius 1 is 1.50 bits per heavy atom. The summed E-state index contributed by atoms with van der Waals surface area (Å²) in [6, 6.07) is 3.80. The largest absolute Gasteiger partial charge is 0.463 e. The number of likely N-dealkylation sites (tertiary alicyclic amines) is 1. The lowest BCUT2D eigenvalue weighted by Gasteiger charge is -2.29. The number of rotatable bonds is 3. The first kappa shape index (κ1) is 15.0. The molecule has 1 aliphatic heterocycles. The van der Waals surface area contributed by atoms with Gasteiger partial charge in [0.05, 0.1) is 13.7 Å². The lowest BCUT2D eigenvalue weighted by Crippen LogP contribution is -2.39. The van der Waals surface area contributed by atoms with Crippen LogP contribution in [-0.4, -0.2) is 37.1 Å². The van der Waals surface area contributed by atoms with Crippen molar-refractivity contribution in [1.29, 1.82) is 0 Å². The number of esters is 1. The summed E-state index contributed by atoms with van der Waals surface area (Å²) in [6.07, 6.45) is 2.04. The van der Waals surface area contributed by atoms with Gasteiger partial charge < -0.3 is 14.9 Å². The highest BCUT2D eigenvalue weighted by Crippen LogP contribution is 2.15. The molecular formula is C12H19ClN2O3. The van der Waals surface area contributed by atoms with Gasteiger partial charge in [0.25, 0.3) is 0 Å². The van der Waals surface area contributed by atoms with Crippen molar-refractivity contribution in [2.75, 3.05) is 20.2 Å². The van der Waals surface area contributed by atoms with Gasteiger partial charge >= 0.3 is 5.97 Å². The fourth-order valence-electron chi connectivity index (χ4n) is 2.00. The number of ether oxygens (including phenoxy) is 1. The van der Waals surface area contributed by atoms with Crippen LogP contribution in [0.4, 0.5) is 0 Å². The summed E-state index contributed by atoms with van der Waals surface area (Å²) in [5, 5.41) is 0. The van der Waals surface area contributed by atoms with E-state index in [1.165, 1.54) is 7.11 Å². The van der Waals surface area contributed by atoms with Gasteiger partial charge in [0.1, 0.15) is 5.76 Å². The summed E-state index contributed by atoms with van der Waals surface area (Å²) in [5.74, 6) is 0.619. The van der Waals surface area contributed by atoms with E-state index in [1.54, 1.807) is 6.07 Å². The maximum absolute atomic E-state index is 11.2. The van der Waals surface area contributed by atoms with Crippen molar-refractivity contribution in [1.82, 2.24) is 4.90 Å². The molecule has 1 aromatic heterocycles. The van der Waals surface area contributed by atoms with Gasteiger partial charge in [-0.1, -0.05) is 0 Å². The highest BCUT2D eigenvalue weighted by Gasteiger charge is 2.18. The number of piperidine rings is 1. The van der Waals surface area contributed by atoms with Gasteiger partial charge in [0, 0.05) is 19.1 Å². The van der Waals surface area contributed by atoms with Crippen molar-refractivity contribution in [3.05, 3.63) is 23.7 Å². The van der Waals surface area contributed by atoms with Crippen molar-refractivity contribution in [2.45, 2.75) is 25.4 Å². The summed E-state index contributed by atoms with van der Waals surface area (Å²) in [6.45, 7) is 2.69. The molecule has 0 atom stereocenters. The van der Waals surface area contributed by atoms with Crippen molar-refractivity contribution in [3.63, 3.8) is 0 Å². The average molecular weight is 275 g/mol. The Morgan fingerprint density at radius 2 is 2.17 bits per heavy atom. The Labute approximate surface area is 113 Å². The van der Waals surface area contributed by atoms with Gasteiger partial charge in [-0.05, 0) is 25.0 Å². The van der Waals surface area contributed by atoms with Gasteiger partial charge in [-0.25, -0.2) is 4.79 Å². The molecule has 2 N–H and O–H groups in total. The van der Waals surface area contributed by atoms with Crippen LogP contribution >= 0.6 is 12.4 Å². The average Bonchev–Trinajstić information content (AvgIpc) is 2.80. The molecule has 0 saturated carbocycles. The summed E-state index contributed by atoms with van der Waals surface area (Å²) < 4.78 is 10.0. The number of nitrogens with two attached hydrogens (primary N) is 1. The van der Waals surface area contributed by atoms with Gasteiger partial charge in [-0.15, -0.1) is 12.4 Å². The molecule has 6 heteroatoms. The zero-order valence-corrected chi connectivity index (χ0v) is 11.2. The van der Waals surface area contributed by atoms with Crippen LogP contribution in [0.5, 0.6) is 0 Å². The second-order valence-electron chi connectivity index (χ2n) is 4.37. The monoisotopic (exact) mass is 274 g/mol. The van der Waals surface area contributed by atoms with Crippen LogP contribution in [0.25, 0.3) is 0 Å². The Kier molecular flexibility index (Phi) is 5.65. The summed E-state index contributed by atoms with van der Waals surface area (Å²) in [5.41, 5.74) is 5.84. The molecule has 1 aromatic rings. The first-order chi connectivity index (χ1) is 8.19. The molecule has 1 aliphatic rings. The highest BCUT2D eigenvalue weighted by molar-refractivity contribution is 5.86. The van der Waals surface area contributed by atoms with Gasteiger partial charge in [0.15, 0.2) is 0 Å². The molecule has 1 saturated heterocycles. The van der Waals surface area contributed by atoms with E-state index < -0.39 is 5.97 Å². The minimum Gasteiger partial charge on any atom is -0.463 e. The third kappa shape index (κ3) is 3.73. The lowest BCUT2D eigenvalue weighted by molar-refractivity contribution is 0.0560. The zero-order chi connectivity index (χ0) is 12.3. The summed E-state index contributed by atoms with van der Waals surface area (Å²) in [4.78, 5) is 13.5. The van der Waals surface area contributed by atoms with E-state index in [9.17, 15) is 4.79 Å². The van der Waals surface area contributed by atoms with Crippen molar-refractivity contribution >= 4 is 18.4 Å². The van der Waals surface area contributed by atoms with Crippen LogP contribution in [0, 0.1) is 0 Å². The molecule has 102 valence electrons. The Balaban J connectivity index is 0.00000162. The Morgan fingerprint density at radius 3 is 2.78 bits per heavy atom. The number of hydrogen-bond acceptors (Lipinski definition) is 5. The predicted molar refractivity (Wildman–Crippen MR) is 69.8 cm³/mol. The molecule has 0 radical (unpaired) electrons. The molecule has 0 amide bonds. The molecule has 2 heterocycles. The quantitative estimate of drug-likeness (QED) is 0.844. The topological polar surface area (TPSA) is 68.7 Å². The molecule has 18 heavy (non-hydrogen) atoms. The molecule has 2 rings (SSSR count). The summed E-state index contributed by atoms with van der Waals surface area (Å²) in [7, 11) is 1.34. The Hall–Kier alpha value is -1.04. The van der Waals surface area contributed by atoms with Crippen molar-refractivity contribution < 1.29 is 13.9 Å². The van der Waals surface area contributed by atoms with Crippen LogP contribution < -0.4 is 5.73 Å². The fourth-order valence-corrected chi connectivity index (χ4v) is 2.00. The van der Waals surface area contributed by atoms with Crippen LogP contribution in [0.1, 0.15) is 29.2 Å². The Bertz CT molecular complexity index is 386. The van der Waals surface area contributed by atoms with E-state index in [1.807, 2.05) is 6.07 Å². The smallest absolute Gasteiger partial charge is 0.373 e. The minimum absolute atomic E-state index is 0. The van der Waals surface area contributed by atoms with Crippen LogP contribution in [-0.2, 0) is 11.3 Å². The predicted octanol–water partition coefficient (Wildman–Crippen LogP) is 1.41. The van der Waals surface area contributed by atoms with Crippen LogP contribution in [0.2, 0.25) is 0 Å².